The van der Waals surface area contributed by atoms with Crippen molar-refractivity contribution in [3.63, 3.8) is 0 Å². The van der Waals surface area contributed by atoms with Gasteiger partial charge in [0.25, 0.3) is 0 Å². The summed E-state index contributed by atoms with van der Waals surface area (Å²) < 4.78 is 5.70. The Hall–Kier alpha value is -2.49. The first-order valence-corrected chi connectivity index (χ1v) is 11.9. The van der Waals surface area contributed by atoms with Gasteiger partial charge in [0.15, 0.2) is 0 Å². The van der Waals surface area contributed by atoms with Gasteiger partial charge in [-0.3, -0.25) is 0 Å². The Balaban J connectivity index is 0.000000442. The van der Waals surface area contributed by atoms with Crippen LogP contribution in [-0.4, -0.2) is 17.7 Å². The van der Waals surface area contributed by atoms with Crippen LogP contribution in [0.5, 0.6) is 5.75 Å². The minimum absolute atomic E-state index is 0.331. The molecule has 0 saturated heterocycles. The van der Waals surface area contributed by atoms with Crippen molar-refractivity contribution >= 4 is 11.7 Å². The molecule has 0 fully saturated rings. The van der Waals surface area contributed by atoms with Crippen LogP contribution in [0.2, 0.25) is 0 Å². The molecule has 0 amide bonds. The monoisotopic (exact) mass is 427 g/mol. The van der Waals surface area contributed by atoms with E-state index in [2.05, 4.69) is 6.92 Å². The highest BCUT2D eigenvalue weighted by Gasteiger charge is 1.97. The van der Waals surface area contributed by atoms with Crippen molar-refractivity contribution < 1.29 is 14.6 Å². The largest absolute Gasteiger partial charge is 0.494 e. The van der Waals surface area contributed by atoms with Crippen LogP contribution in [0.3, 0.4) is 0 Å². The van der Waals surface area contributed by atoms with Crippen LogP contribution in [0.1, 0.15) is 94.3 Å². The molecule has 0 unspecified atom stereocenters. The molecule has 0 aliphatic rings. The van der Waals surface area contributed by atoms with Gasteiger partial charge in [-0.15, -0.1) is 0 Å². The normalized spacial score (nSPS) is 10.2. The van der Waals surface area contributed by atoms with Gasteiger partial charge in [0, 0.05) is 5.69 Å². The molecular weight excluding hydrogens is 386 g/mol. The van der Waals surface area contributed by atoms with Crippen LogP contribution in [0.4, 0.5) is 5.69 Å². The number of nitrogens with two attached hydrogens (primary N) is 1. The summed E-state index contributed by atoms with van der Waals surface area (Å²) in [7, 11) is 0. The summed E-state index contributed by atoms with van der Waals surface area (Å²) in [5.74, 6) is 0.0490. The predicted octanol–water partition coefficient (Wildman–Crippen LogP) is 7.73. The lowest BCUT2D eigenvalue weighted by atomic mass is 10.1. The second-order valence-electron chi connectivity index (χ2n) is 7.98. The van der Waals surface area contributed by atoms with E-state index in [0.29, 0.717) is 5.56 Å². The predicted molar refractivity (Wildman–Crippen MR) is 131 cm³/mol. The third-order valence-corrected chi connectivity index (χ3v) is 5.17. The Morgan fingerprint density at radius 3 is 1.68 bits per heavy atom. The standard InChI is InChI=1S/C20H35NO.C7H6O2/c1-2-3-4-5-6-7-8-9-10-11-12-13-18-22-20-16-14-19(21)15-17-20;8-7(9)6-4-2-1-3-5-6/h14-17H,2-13,18,21H2,1H3;1-5H,(H,8,9). The van der Waals surface area contributed by atoms with E-state index in [4.69, 9.17) is 15.6 Å². The lowest BCUT2D eigenvalue weighted by Gasteiger charge is -2.06. The van der Waals surface area contributed by atoms with Crippen molar-refractivity contribution in [1.82, 2.24) is 0 Å². The quantitative estimate of drug-likeness (QED) is 0.225. The zero-order chi connectivity index (χ0) is 22.6. The van der Waals surface area contributed by atoms with Gasteiger partial charge in [-0.2, -0.15) is 0 Å². The molecule has 2 aromatic carbocycles. The molecule has 2 rings (SSSR count). The molecule has 31 heavy (non-hydrogen) atoms. The van der Waals surface area contributed by atoms with Crippen molar-refractivity contribution in [3.05, 3.63) is 60.2 Å². The molecule has 0 spiro atoms. The number of hydrogen-bond acceptors (Lipinski definition) is 3. The molecule has 3 N–H and O–H groups in total. The van der Waals surface area contributed by atoms with Gasteiger partial charge in [-0.05, 0) is 42.8 Å². The third kappa shape index (κ3) is 15.0. The highest BCUT2D eigenvalue weighted by atomic mass is 16.5. The Morgan fingerprint density at radius 2 is 1.23 bits per heavy atom. The molecular formula is C27H41NO3. The molecule has 0 aliphatic carbocycles. The fraction of sp³-hybridized carbons (Fsp3) is 0.519. The molecule has 0 bridgehead atoms. The van der Waals surface area contributed by atoms with Crippen molar-refractivity contribution in [2.75, 3.05) is 12.3 Å². The summed E-state index contributed by atoms with van der Waals surface area (Å²) in [4.78, 5) is 10.2. The first-order valence-electron chi connectivity index (χ1n) is 11.9. The number of ether oxygens (including phenoxy) is 1. The lowest BCUT2D eigenvalue weighted by Crippen LogP contribution is -1.97. The van der Waals surface area contributed by atoms with E-state index in [-0.39, 0.29) is 0 Å². The zero-order valence-electron chi connectivity index (χ0n) is 19.2. The fourth-order valence-corrected chi connectivity index (χ4v) is 3.28. The maximum atomic E-state index is 10.2. The number of carboxylic acids is 1. The van der Waals surface area contributed by atoms with Crippen molar-refractivity contribution in [1.29, 1.82) is 0 Å². The van der Waals surface area contributed by atoms with Crippen LogP contribution < -0.4 is 10.5 Å². The second-order valence-corrected chi connectivity index (χ2v) is 7.98. The fourth-order valence-electron chi connectivity index (χ4n) is 3.28. The lowest BCUT2D eigenvalue weighted by molar-refractivity contribution is 0.0697. The molecule has 4 heteroatoms. The Labute approximate surface area is 188 Å². The zero-order valence-corrected chi connectivity index (χ0v) is 19.2. The van der Waals surface area contributed by atoms with Gasteiger partial charge >= 0.3 is 5.97 Å². The summed E-state index contributed by atoms with van der Waals surface area (Å²) in [5.41, 5.74) is 6.77. The molecule has 0 heterocycles. The van der Waals surface area contributed by atoms with Gasteiger partial charge in [0.05, 0.1) is 12.2 Å². The van der Waals surface area contributed by atoms with Gasteiger partial charge in [-0.25, -0.2) is 4.79 Å². The molecule has 0 aromatic heterocycles. The third-order valence-electron chi connectivity index (χ3n) is 5.17. The van der Waals surface area contributed by atoms with E-state index < -0.39 is 5.97 Å². The van der Waals surface area contributed by atoms with E-state index in [1.807, 2.05) is 24.3 Å². The maximum absolute atomic E-state index is 10.2. The smallest absolute Gasteiger partial charge is 0.335 e. The summed E-state index contributed by atoms with van der Waals surface area (Å²) in [6, 6.07) is 15.9. The number of hydrogen-bond donors (Lipinski definition) is 2. The van der Waals surface area contributed by atoms with Crippen LogP contribution >= 0.6 is 0 Å². The van der Waals surface area contributed by atoms with E-state index in [9.17, 15) is 4.79 Å². The number of aromatic carboxylic acids is 1. The Morgan fingerprint density at radius 1 is 0.742 bits per heavy atom. The summed E-state index contributed by atoms with van der Waals surface area (Å²) in [6.07, 6.45) is 16.5. The van der Waals surface area contributed by atoms with E-state index in [1.54, 1.807) is 30.3 Å². The SMILES string of the molecule is CCCCCCCCCCCCCCOc1ccc(N)cc1.O=C(O)c1ccccc1. The molecule has 0 atom stereocenters. The number of unbranched alkanes of at least 4 members (excludes halogenated alkanes) is 11. The number of anilines is 1. The van der Waals surface area contributed by atoms with E-state index in [0.717, 1.165) is 24.5 Å². The van der Waals surface area contributed by atoms with Crippen LogP contribution in [-0.2, 0) is 0 Å². The van der Waals surface area contributed by atoms with Crippen molar-refractivity contribution in [2.24, 2.45) is 0 Å². The minimum atomic E-state index is -0.879. The van der Waals surface area contributed by atoms with Gasteiger partial charge in [0.1, 0.15) is 5.75 Å². The average Bonchev–Trinajstić information content (AvgIpc) is 2.79. The highest BCUT2D eigenvalue weighted by Crippen LogP contribution is 2.15. The summed E-state index contributed by atoms with van der Waals surface area (Å²) in [5, 5.41) is 8.38. The van der Waals surface area contributed by atoms with E-state index in [1.165, 1.54) is 70.6 Å². The molecule has 0 aliphatic heterocycles. The topological polar surface area (TPSA) is 72.5 Å². The highest BCUT2D eigenvalue weighted by molar-refractivity contribution is 5.87. The molecule has 4 nitrogen and oxygen atoms in total. The number of carboxylic acid groups (broad SMARTS) is 1. The van der Waals surface area contributed by atoms with Crippen molar-refractivity contribution in [3.8, 4) is 5.75 Å². The summed E-state index contributed by atoms with van der Waals surface area (Å²) >= 11 is 0. The van der Waals surface area contributed by atoms with Crippen LogP contribution in [0.15, 0.2) is 54.6 Å². The number of nitrogen functional groups attached to an aromatic ring is 1. The first kappa shape index (κ1) is 26.5. The number of benzene rings is 2. The van der Waals surface area contributed by atoms with Gasteiger partial charge in [0.2, 0.25) is 0 Å². The molecule has 2 aromatic rings. The van der Waals surface area contributed by atoms with Crippen molar-refractivity contribution in [2.45, 2.75) is 84.0 Å². The minimum Gasteiger partial charge on any atom is -0.494 e. The summed E-state index contributed by atoms with van der Waals surface area (Å²) in [6.45, 7) is 3.10. The van der Waals surface area contributed by atoms with E-state index >= 15 is 0 Å². The van der Waals surface area contributed by atoms with Crippen LogP contribution in [0.25, 0.3) is 0 Å². The second kappa shape index (κ2) is 18.3. The first-order chi connectivity index (χ1) is 15.1. The molecule has 0 radical (unpaired) electrons. The molecule has 172 valence electrons. The maximum Gasteiger partial charge on any atom is 0.335 e. The number of rotatable bonds is 15. The Kier molecular flexibility index (Phi) is 15.7. The molecule has 0 saturated carbocycles. The number of carbonyl (C=O) groups is 1. The Bertz CT molecular complexity index is 671. The van der Waals surface area contributed by atoms with Gasteiger partial charge in [-0.1, -0.05) is 95.8 Å². The van der Waals surface area contributed by atoms with Crippen LogP contribution in [0, 0.1) is 0 Å². The average molecular weight is 428 g/mol. The van der Waals surface area contributed by atoms with Gasteiger partial charge < -0.3 is 15.6 Å².